The van der Waals surface area contributed by atoms with E-state index in [0.29, 0.717) is 11.1 Å². The van der Waals surface area contributed by atoms with Crippen LogP contribution in [0.3, 0.4) is 0 Å². The Morgan fingerprint density at radius 3 is 1.36 bits per heavy atom. The molecule has 2 atom stereocenters. The van der Waals surface area contributed by atoms with Gasteiger partial charge in [0.2, 0.25) is 11.5 Å². The normalized spacial score (nSPS) is 12.5. The molecule has 2 amide bonds. The van der Waals surface area contributed by atoms with Crippen LogP contribution in [-0.2, 0) is 9.59 Å². The van der Waals surface area contributed by atoms with Crippen molar-refractivity contribution in [1.82, 2.24) is 10.9 Å². The molecule has 0 spiro atoms. The van der Waals surface area contributed by atoms with E-state index in [1.54, 1.807) is 12.1 Å². The third kappa shape index (κ3) is 8.08. The fourth-order valence-corrected chi connectivity index (χ4v) is 3.11. The number of hydrogen-bond donors (Lipinski definition) is 4. The zero-order valence-electron chi connectivity index (χ0n) is 21.4. The number of carbonyl (C=O) groups excluding carboxylic acids is 4. The van der Waals surface area contributed by atoms with Crippen LogP contribution in [-0.4, -0.2) is 58.6 Å². The summed E-state index contributed by atoms with van der Waals surface area (Å²) >= 11 is 0. The molecular formula is C28H22N4O10. The Morgan fingerprint density at radius 2 is 1.02 bits per heavy atom. The number of carbonyl (C=O) groups is 4. The molecule has 2 heterocycles. The van der Waals surface area contributed by atoms with E-state index >= 15 is 0 Å². The number of ether oxygens (including phenoxy) is 2. The molecule has 42 heavy (non-hydrogen) atoms. The first-order chi connectivity index (χ1) is 20.3. The van der Waals surface area contributed by atoms with Gasteiger partial charge < -0.3 is 28.5 Å². The Kier molecular flexibility index (Phi) is 9.69. The summed E-state index contributed by atoms with van der Waals surface area (Å²) in [6.45, 7) is 0. The monoisotopic (exact) mass is 574 g/mol. The summed E-state index contributed by atoms with van der Waals surface area (Å²) < 4.78 is 20.2. The molecule has 0 saturated heterocycles. The van der Waals surface area contributed by atoms with Crippen molar-refractivity contribution >= 4 is 36.2 Å². The number of aliphatic hydroxyl groups is 2. The van der Waals surface area contributed by atoms with Gasteiger partial charge in [0.25, 0.3) is 11.8 Å². The van der Waals surface area contributed by atoms with Gasteiger partial charge in [0, 0.05) is 0 Å². The van der Waals surface area contributed by atoms with Gasteiger partial charge in [-0.3, -0.25) is 9.59 Å². The maximum absolute atomic E-state index is 12.1. The Morgan fingerprint density at radius 1 is 0.643 bits per heavy atom. The van der Waals surface area contributed by atoms with Gasteiger partial charge in [-0.2, -0.15) is 10.2 Å². The predicted molar refractivity (Wildman–Crippen MR) is 144 cm³/mol. The molecule has 214 valence electrons. The number of nitrogens with zero attached hydrogens (tertiary/aromatic N) is 2. The van der Waals surface area contributed by atoms with Crippen LogP contribution in [0.4, 0.5) is 0 Å². The average molecular weight is 575 g/mol. The van der Waals surface area contributed by atoms with Crippen molar-refractivity contribution < 1.29 is 47.7 Å². The minimum atomic E-state index is -2.15. The van der Waals surface area contributed by atoms with Crippen molar-refractivity contribution in [3.05, 3.63) is 108 Å². The first kappa shape index (κ1) is 29.1. The molecule has 0 radical (unpaired) electrons. The molecule has 4 aromatic rings. The summed E-state index contributed by atoms with van der Waals surface area (Å²) in [7, 11) is 0. The van der Waals surface area contributed by atoms with E-state index in [-0.39, 0.29) is 23.0 Å². The summed E-state index contributed by atoms with van der Waals surface area (Å²) in [5, 5.41) is 27.3. The molecule has 4 rings (SSSR count). The van der Waals surface area contributed by atoms with Crippen LogP contribution >= 0.6 is 0 Å². The maximum Gasteiger partial charge on any atom is 0.379 e. The number of nitrogens with one attached hydrogen (secondary N) is 2. The van der Waals surface area contributed by atoms with Gasteiger partial charge in [-0.25, -0.2) is 20.4 Å². The number of amides is 2. The number of aliphatic hydroxyl groups excluding tert-OH is 2. The van der Waals surface area contributed by atoms with E-state index in [4.69, 9.17) is 18.3 Å². The molecule has 0 saturated carbocycles. The van der Waals surface area contributed by atoms with Crippen molar-refractivity contribution in [3.63, 3.8) is 0 Å². The second kappa shape index (κ2) is 14.0. The fraction of sp³-hybridized carbons (Fsp3) is 0.0714. The second-order valence-electron chi connectivity index (χ2n) is 8.23. The Labute approximate surface area is 236 Å². The van der Waals surface area contributed by atoms with Gasteiger partial charge in [0.15, 0.2) is 12.2 Å². The van der Waals surface area contributed by atoms with Crippen molar-refractivity contribution in [2.75, 3.05) is 0 Å². The van der Waals surface area contributed by atoms with Crippen molar-refractivity contribution in [1.29, 1.82) is 0 Å². The van der Waals surface area contributed by atoms with Crippen LogP contribution in [0, 0.1) is 0 Å². The number of furan rings is 2. The highest BCUT2D eigenvalue weighted by Crippen LogP contribution is 2.15. The molecule has 2 unspecified atom stereocenters. The number of esters is 2. The lowest BCUT2D eigenvalue weighted by Gasteiger charge is -2.14. The minimum Gasteiger partial charge on any atom is -0.457 e. The zero-order chi connectivity index (χ0) is 29.9. The van der Waals surface area contributed by atoms with Crippen molar-refractivity contribution in [2.45, 2.75) is 12.2 Å². The molecule has 0 fully saturated rings. The van der Waals surface area contributed by atoms with Crippen LogP contribution in [0.2, 0.25) is 0 Å². The highest BCUT2D eigenvalue weighted by atomic mass is 16.6. The van der Waals surface area contributed by atoms with Crippen LogP contribution in [0.5, 0.6) is 11.5 Å². The lowest BCUT2D eigenvalue weighted by Crippen LogP contribution is -2.47. The van der Waals surface area contributed by atoms with E-state index in [9.17, 15) is 29.4 Å². The number of hydrogen-bond acceptors (Lipinski definition) is 12. The third-order valence-electron chi connectivity index (χ3n) is 5.24. The Hall–Kier alpha value is -5.86. The van der Waals surface area contributed by atoms with Crippen LogP contribution in [0.1, 0.15) is 32.2 Å². The topological polar surface area (TPSA) is 202 Å². The molecule has 2 aromatic carbocycles. The number of rotatable bonds is 11. The fourth-order valence-electron chi connectivity index (χ4n) is 3.11. The predicted octanol–water partition coefficient (Wildman–Crippen LogP) is 1.63. The number of hydrazone groups is 2. The molecule has 0 bridgehead atoms. The molecular weight excluding hydrogens is 552 g/mol. The maximum atomic E-state index is 12.1. The quantitative estimate of drug-likeness (QED) is 0.0882. The lowest BCUT2D eigenvalue weighted by molar-refractivity contribution is -0.146. The number of benzene rings is 2. The van der Waals surface area contributed by atoms with E-state index in [1.165, 1.54) is 85.6 Å². The molecule has 4 N–H and O–H groups in total. The van der Waals surface area contributed by atoms with Gasteiger partial charge in [0.1, 0.15) is 11.5 Å². The van der Waals surface area contributed by atoms with Crippen LogP contribution in [0.15, 0.2) is 104 Å². The summed E-state index contributed by atoms with van der Waals surface area (Å²) in [5.74, 6) is -3.07. The van der Waals surface area contributed by atoms with Crippen molar-refractivity contribution in [2.24, 2.45) is 10.2 Å². The molecule has 14 nitrogen and oxygen atoms in total. The molecule has 0 aliphatic heterocycles. The van der Waals surface area contributed by atoms with E-state index in [0.717, 1.165) is 0 Å². The smallest absolute Gasteiger partial charge is 0.379 e. The summed E-state index contributed by atoms with van der Waals surface area (Å²) in [5.41, 5.74) is 5.01. The average Bonchev–Trinajstić information content (AvgIpc) is 3.73. The van der Waals surface area contributed by atoms with Crippen LogP contribution < -0.4 is 20.3 Å². The third-order valence-corrected chi connectivity index (χ3v) is 5.24. The van der Waals surface area contributed by atoms with Gasteiger partial charge in [0.05, 0.1) is 25.0 Å². The standard InChI is InChI=1S/C28H22N4O10/c33-23(25(35)31-29-15-17-5-9-19(10-6-17)41-27(37)21-3-1-13-39-21)24(34)26(36)32-30-16-18-7-11-20(12-8-18)42-28(38)22-4-2-14-40-22/h1-16,23-24,33-34H,(H,31,35)(H,32,36)/b29-15+,30-16+. The minimum absolute atomic E-state index is 0.0442. The SMILES string of the molecule is O=C(Oc1ccc(/C=N/NC(=O)C(O)C(O)C(=O)N/N=C/c2ccc(OC(=O)c3ccco3)cc2)cc1)c1ccco1. The summed E-state index contributed by atoms with van der Waals surface area (Å²) in [6, 6.07) is 18.1. The van der Waals surface area contributed by atoms with E-state index in [1.807, 2.05) is 10.9 Å². The molecule has 0 aliphatic rings. The second-order valence-corrected chi connectivity index (χ2v) is 8.23. The molecule has 14 heteroatoms. The van der Waals surface area contributed by atoms with Crippen LogP contribution in [0.25, 0.3) is 0 Å². The Balaban J connectivity index is 1.19. The Bertz CT molecular complexity index is 1440. The van der Waals surface area contributed by atoms with Gasteiger partial charge in [-0.05, 0) is 83.9 Å². The highest BCUT2D eigenvalue weighted by Gasteiger charge is 2.30. The summed E-state index contributed by atoms with van der Waals surface area (Å²) in [4.78, 5) is 47.9. The lowest BCUT2D eigenvalue weighted by atomic mass is 10.2. The molecule has 2 aromatic heterocycles. The first-order valence-electron chi connectivity index (χ1n) is 12.0. The highest BCUT2D eigenvalue weighted by molar-refractivity contribution is 5.92. The summed E-state index contributed by atoms with van der Waals surface area (Å²) in [6.07, 6.45) is 0.839. The first-order valence-corrected chi connectivity index (χ1v) is 12.0. The van der Waals surface area contributed by atoms with E-state index < -0.39 is 36.0 Å². The van der Waals surface area contributed by atoms with Gasteiger partial charge in [-0.15, -0.1) is 0 Å². The zero-order valence-corrected chi connectivity index (χ0v) is 21.4. The van der Waals surface area contributed by atoms with Gasteiger partial charge >= 0.3 is 11.9 Å². The van der Waals surface area contributed by atoms with Gasteiger partial charge in [-0.1, -0.05) is 0 Å². The largest absolute Gasteiger partial charge is 0.457 e. The molecule has 0 aliphatic carbocycles. The van der Waals surface area contributed by atoms with Crippen molar-refractivity contribution in [3.8, 4) is 11.5 Å². The van der Waals surface area contributed by atoms with E-state index in [2.05, 4.69) is 10.2 Å².